The molecule has 0 fully saturated rings. The first-order valence-electron chi connectivity index (χ1n) is 7.29. The maximum absolute atomic E-state index is 12.9. The number of hydrogen-bond acceptors (Lipinski definition) is 1. The Morgan fingerprint density at radius 3 is 1.95 bits per heavy atom. The number of carbonyl (C=O) groups is 1. The van der Waals surface area contributed by atoms with Gasteiger partial charge in [0, 0.05) is 5.56 Å². The molecule has 0 aliphatic rings. The number of amides is 1. The van der Waals surface area contributed by atoms with Crippen molar-refractivity contribution < 1.29 is 21.8 Å². The van der Waals surface area contributed by atoms with E-state index < -0.39 is 0 Å². The molecule has 0 aliphatic heterocycles. The molecule has 0 unspecified atom stereocenters. The third-order valence-corrected chi connectivity index (χ3v) is 3.86. The highest BCUT2D eigenvalue weighted by Gasteiger charge is 2.30. The fourth-order valence-corrected chi connectivity index (χ4v) is 2.17. The molecule has 4 heteroatoms. The van der Waals surface area contributed by atoms with Gasteiger partial charge in [-0.15, -0.1) is 0 Å². The fourth-order valence-electron chi connectivity index (χ4n) is 2.17. The van der Waals surface area contributed by atoms with Crippen molar-refractivity contribution in [2.75, 3.05) is 20.6 Å². The van der Waals surface area contributed by atoms with Crippen molar-refractivity contribution in [1.29, 1.82) is 0 Å². The third kappa shape index (κ3) is 4.33. The van der Waals surface area contributed by atoms with Crippen molar-refractivity contribution in [3.63, 3.8) is 0 Å². The van der Waals surface area contributed by atoms with Crippen LogP contribution in [0.25, 0.3) is 0 Å². The lowest BCUT2D eigenvalue weighted by molar-refractivity contribution is -0.990. The molecule has 0 heterocycles. The minimum absolute atomic E-state index is 0. The van der Waals surface area contributed by atoms with Crippen LogP contribution in [0.15, 0.2) is 60.7 Å². The van der Waals surface area contributed by atoms with E-state index in [9.17, 15) is 4.79 Å². The second-order valence-electron chi connectivity index (χ2n) is 5.65. The number of benzene rings is 2. The van der Waals surface area contributed by atoms with Crippen LogP contribution in [0.2, 0.25) is 0 Å². The molecular formula is C18H23ClN2O. The smallest absolute Gasteiger partial charge is 0.299 e. The van der Waals surface area contributed by atoms with Crippen LogP contribution in [0.4, 0.5) is 0 Å². The zero-order valence-corrected chi connectivity index (χ0v) is 14.1. The minimum Gasteiger partial charge on any atom is -1.00 e. The average Bonchev–Trinajstić information content (AvgIpc) is 2.53. The van der Waals surface area contributed by atoms with Crippen LogP contribution in [0, 0.1) is 0 Å². The molecule has 0 aliphatic carbocycles. The minimum atomic E-state index is 0. The van der Waals surface area contributed by atoms with Crippen molar-refractivity contribution in [3.05, 3.63) is 71.8 Å². The van der Waals surface area contributed by atoms with Crippen LogP contribution in [-0.2, 0) is 6.54 Å². The fraction of sp³-hybridized carbons (Fsp3) is 0.278. The van der Waals surface area contributed by atoms with Gasteiger partial charge in [0.2, 0.25) is 0 Å². The summed E-state index contributed by atoms with van der Waals surface area (Å²) in [7, 11) is 4.12. The van der Waals surface area contributed by atoms with E-state index in [0.717, 1.165) is 17.7 Å². The third-order valence-electron chi connectivity index (χ3n) is 3.86. The summed E-state index contributed by atoms with van der Waals surface area (Å²) in [5.74, 6) is 0.0614. The maximum atomic E-state index is 12.9. The van der Waals surface area contributed by atoms with Crippen molar-refractivity contribution in [2.45, 2.75) is 13.5 Å². The Kier molecular flexibility index (Phi) is 6.60. The van der Waals surface area contributed by atoms with Crippen LogP contribution in [0.5, 0.6) is 0 Å². The summed E-state index contributed by atoms with van der Waals surface area (Å²) in [6, 6.07) is 19.6. The Morgan fingerprint density at radius 1 is 0.955 bits per heavy atom. The van der Waals surface area contributed by atoms with E-state index in [0.29, 0.717) is 11.1 Å². The molecule has 1 amide bonds. The summed E-state index contributed by atoms with van der Waals surface area (Å²) >= 11 is 0. The zero-order chi connectivity index (χ0) is 15.3. The van der Waals surface area contributed by atoms with E-state index in [1.54, 1.807) is 0 Å². The lowest BCUT2D eigenvalue weighted by atomic mass is 10.2. The highest BCUT2D eigenvalue weighted by atomic mass is 35.5. The van der Waals surface area contributed by atoms with Crippen molar-refractivity contribution in [1.82, 2.24) is 5.01 Å². The standard InChI is InChI=1S/C18H23N2O.ClH/c1-4-20(2,3)19(15-16-11-7-5-8-12-16)18(21)17-13-9-6-10-14-17;/h5-14H,4,15H2,1-3H3;1H/q+1;/p-1. The molecule has 0 spiro atoms. The zero-order valence-electron chi connectivity index (χ0n) is 13.4. The van der Waals surface area contributed by atoms with E-state index in [4.69, 9.17) is 0 Å². The molecule has 0 radical (unpaired) electrons. The van der Waals surface area contributed by atoms with E-state index in [-0.39, 0.29) is 18.3 Å². The molecule has 0 aromatic heterocycles. The first kappa shape index (κ1) is 18.2. The lowest BCUT2D eigenvalue weighted by Crippen LogP contribution is -3.00. The van der Waals surface area contributed by atoms with Crippen molar-refractivity contribution in [3.8, 4) is 0 Å². The monoisotopic (exact) mass is 318 g/mol. The number of carbonyl (C=O) groups excluding carboxylic acids is 1. The van der Waals surface area contributed by atoms with Gasteiger partial charge in [-0.25, -0.2) is 4.59 Å². The number of nitrogens with zero attached hydrogens (tertiary/aromatic N) is 2. The van der Waals surface area contributed by atoms with Gasteiger partial charge in [-0.1, -0.05) is 48.5 Å². The first-order chi connectivity index (χ1) is 10.0. The summed E-state index contributed by atoms with van der Waals surface area (Å²) in [5, 5.41) is 1.91. The summed E-state index contributed by atoms with van der Waals surface area (Å²) in [4.78, 5) is 12.9. The molecule has 2 rings (SSSR count). The number of quaternary nitrogens is 1. The first-order valence-corrected chi connectivity index (χ1v) is 7.29. The van der Waals surface area contributed by atoms with Gasteiger partial charge in [0.25, 0.3) is 5.91 Å². The van der Waals surface area contributed by atoms with Gasteiger partial charge in [0.1, 0.15) is 0 Å². The lowest BCUT2D eigenvalue weighted by Gasteiger charge is -2.39. The second kappa shape index (κ2) is 7.97. The molecule has 0 saturated heterocycles. The maximum Gasteiger partial charge on any atom is 0.299 e. The predicted molar refractivity (Wildman–Crippen MR) is 85.4 cm³/mol. The van der Waals surface area contributed by atoms with E-state index in [1.165, 1.54) is 0 Å². The van der Waals surface area contributed by atoms with Gasteiger partial charge in [-0.3, -0.25) is 4.79 Å². The Hall–Kier alpha value is -1.84. The van der Waals surface area contributed by atoms with E-state index in [2.05, 4.69) is 33.2 Å². The normalized spacial score (nSPS) is 10.7. The van der Waals surface area contributed by atoms with Gasteiger partial charge in [0.05, 0.1) is 27.2 Å². The van der Waals surface area contributed by atoms with Crippen LogP contribution >= 0.6 is 0 Å². The predicted octanol–water partition coefficient (Wildman–Crippen LogP) is 0.344. The molecule has 2 aromatic rings. The Labute approximate surface area is 139 Å². The summed E-state index contributed by atoms with van der Waals surface area (Å²) in [6.45, 7) is 3.55. The molecule has 0 N–H and O–H groups in total. The van der Waals surface area contributed by atoms with Crippen molar-refractivity contribution in [2.24, 2.45) is 0 Å². The molecule has 2 aromatic carbocycles. The molecular weight excluding hydrogens is 296 g/mol. The average molecular weight is 319 g/mol. The molecule has 0 saturated carbocycles. The molecule has 0 bridgehead atoms. The van der Waals surface area contributed by atoms with Crippen LogP contribution < -0.4 is 12.4 Å². The number of hydrogen-bond donors (Lipinski definition) is 0. The quantitative estimate of drug-likeness (QED) is 0.575. The van der Waals surface area contributed by atoms with Gasteiger partial charge < -0.3 is 12.4 Å². The Morgan fingerprint density at radius 2 is 1.45 bits per heavy atom. The number of rotatable bonds is 5. The van der Waals surface area contributed by atoms with Gasteiger partial charge in [0.15, 0.2) is 0 Å². The SMILES string of the molecule is CC[N+](C)(C)N(Cc1ccccc1)C(=O)c1ccccc1.[Cl-]. The highest BCUT2D eigenvalue weighted by Crippen LogP contribution is 2.16. The number of halogens is 1. The van der Waals surface area contributed by atoms with Crippen LogP contribution in [-0.4, -0.2) is 36.1 Å². The molecule has 22 heavy (non-hydrogen) atoms. The Balaban J connectivity index is 0.00000242. The highest BCUT2D eigenvalue weighted by molar-refractivity contribution is 5.93. The van der Waals surface area contributed by atoms with Gasteiger partial charge >= 0.3 is 0 Å². The molecule has 3 nitrogen and oxygen atoms in total. The topological polar surface area (TPSA) is 20.3 Å². The largest absolute Gasteiger partial charge is 1.00 e. The van der Waals surface area contributed by atoms with Crippen LogP contribution in [0.1, 0.15) is 22.8 Å². The van der Waals surface area contributed by atoms with Gasteiger partial charge in [-0.2, -0.15) is 5.01 Å². The summed E-state index contributed by atoms with van der Waals surface area (Å²) in [6.07, 6.45) is 0. The Bertz CT molecular complexity index is 585. The molecule has 0 atom stereocenters. The van der Waals surface area contributed by atoms with Crippen molar-refractivity contribution >= 4 is 5.91 Å². The van der Waals surface area contributed by atoms with E-state index in [1.807, 2.05) is 53.5 Å². The van der Waals surface area contributed by atoms with Crippen LogP contribution in [0.3, 0.4) is 0 Å². The summed E-state index contributed by atoms with van der Waals surface area (Å²) in [5.41, 5.74) is 1.87. The summed E-state index contributed by atoms with van der Waals surface area (Å²) < 4.78 is 0.530. The van der Waals surface area contributed by atoms with Gasteiger partial charge in [-0.05, 0) is 24.6 Å². The second-order valence-corrected chi connectivity index (χ2v) is 5.65. The molecule has 118 valence electrons. The van der Waals surface area contributed by atoms with E-state index >= 15 is 0 Å².